The first-order valence-electron chi connectivity index (χ1n) is 7.68. The molecular formula is C17H23NO6. The predicted octanol–water partition coefficient (Wildman–Crippen LogP) is 2.00. The van der Waals surface area contributed by atoms with E-state index in [1.54, 1.807) is 18.2 Å². The van der Waals surface area contributed by atoms with Gasteiger partial charge in [0.2, 0.25) is 0 Å². The summed E-state index contributed by atoms with van der Waals surface area (Å²) in [6.45, 7) is 4.11. The molecule has 132 valence electrons. The highest BCUT2D eigenvalue weighted by atomic mass is 16.7. The van der Waals surface area contributed by atoms with Gasteiger partial charge in [-0.2, -0.15) is 0 Å². The molecule has 1 aliphatic rings. The van der Waals surface area contributed by atoms with Crippen molar-refractivity contribution in [2.24, 2.45) is 0 Å². The zero-order valence-corrected chi connectivity index (χ0v) is 14.4. The number of hydrogen-bond acceptors (Lipinski definition) is 7. The fourth-order valence-corrected chi connectivity index (χ4v) is 2.47. The number of esters is 1. The van der Waals surface area contributed by atoms with Crippen LogP contribution in [0.25, 0.3) is 0 Å². The van der Waals surface area contributed by atoms with Gasteiger partial charge in [-0.15, -0.1) is 0 Å². The summed E-state index contributed by atoms with van der Waals surface area (Å²) in [6.07, 6.45) is 0.00500. The Morgan fingerprint density at radius 1 is 1.33 bits per heavy atom. The summed E-state index contributed by atoms with van der Waals surface area (Å²) in [5, 5.41) is 2.97. The van der Waals surface area contributed by atoms with Crippen LogP contribution in [0.5, 0.6) is 5.75 Å². The number of carbonyl (C=O) groups is 2. The van der Waals surface area contributed by atoms with Crippen molar-refractivity contribution in [1.82, 2.24) is 0 Å². The summed E-state index contributed by atoms with van der Waals surface area (Å²) in [7, 11) is 2.81. The van der Waals surface area contributed by atoms with Crippen molar-refractivity contribution in [2.75, 3.05) is 32.7 Å². The van der Waals surface area contributed by atoms with Crippen LogP contribution in [0.2, 0.25) is 0 Å². The van der Waals surface area contributed by atoms with Gasteiger partial charge in [0.05, 0.1) is 39.0 Å². The van der Waals surface area contributed by atoms with Crippen LogP contribution >= 0.6 is 0 Å². The molecule has 7 heteroatoms. The lowest BCUT2D eigenvalue weighted by atomic mass is 10.1. The Hall–Kier alpha value is -2.12. The van der Waals surface area contributed by atoms with E-state index in [1.807, 2.05) is 13.8 Å². The average Bonchev–Trinajstić information content (AvgIpc) is 2.90. The number of carbonyl (C=O) groups excluding carboxylic acids is 2. The first kappa shape index (κ1) is 18.2. The van der Waals surface area contributed by atoms with E-state index in [0.29, 0.717) is 23.6 Å². The Balaban J connectivity index is 1.96. The molecule has 7 nitrogen and oxygen atoms in total. The van der Waals surface area contributed by atoms with E-state index in [4.69, 9.17) is 18.9 Å². The number of benzene rings is 1. The molecule has 1 aromatic carbocycles. The Kier molecular flexibility index (Phi) is 5.80. The molecule has 1 fully saturated rings. The first-order valence-corrected chi connectivity index (χ1v) is 7.68. The number of Topliss-reactive ketones (excluding diaryl/α,β-unsaturated/α-hetero) is 1. The maximum absolute atomic E-state index is 12.1. The molecule has 1 aliphatic heterocycles. The Labute approximate surface area is 141 Å². The van der Waals surface area contributed by atoms with Gasteiger partial charge in [-0.1, -0.05) is 0 Å². The van der Waals surface area contributed by atoms with Crippen LogP contribution in [0.3, 0.4) is 0 Å². The van der Waals surface area contributed by atoms with Crippen molar-refractivity contribution < 1.29 is 28.5 Å². The summed E-state index contributed by atoms with van der Waals surface area (Å²) in [5.41, 5.74) is 0.825. The monoisotopic (exact) mass is 337 g/mol. The highest BCUT2D eigenvalue weighted by Crippen LogP contribution is 2.25. The largest absolute Gasteiger partial charge is 0.497 e. The van der Waals surface area contributed by atoms with Crippen LogP contribution in [-0.2, 0) is 19.0 Å². The minimum Gasteiger partial charge on any atom is -0.497 e. The number of anilines is 1. The SMILES string of the molecule is COC(=O)c1cc(OC)ccc1NCC(=O)CC1COC(C)(C)O1. The van der Waals surface area contributed by atoms with Gasteiger partial charge in [-0.3, -0.25) is 4.79 Å². The smallest absolute Gasteiger partial charge is 0.340 e. The molecule has 0 aliphatic carbocycles. The molecular weight excluding hydrogens is 314 g/mol. The number of nitrogens with one attached hydrogen (secondary N) is 1. The first-order chi connectivity index (χ1) is 11.3. The lowest BCUT2D eigenvalue weighted by molar-refractivity contribution is -0.142. The van der Waals surface area contributed by atoms with E-state index in [-0.39, 0.29) is 24.9 Å². The molecule has 1 unspecified atom stereocenters. The lowest BCUT2D eigenvalue weighted by Gasteiger charge is -2.17. The van der Waals surface area contributed by atoms with Crippen molar-refractivity contribution in [3.05, 3.63) is 23.8 Å². The molecule has 0 amide bonds. The molecule has 0 bridgehead atoms. The maximum atomic E-state index is 12.1. The van der Waals surface area contributed by atoms with Gasteiger partial charge < -0.3 is 24.3 Å². The van der Waals surface area contributed by atoms with E-state index in [2.05, 4.69) is 5.32 Å². The fourth-order valence-electron chi connectivity index (χ4n) is 2.47. The van der Waals surface area contributed by atoms with E-state index in [9.17, 15) is 9.59 Å². The van der Waals surface area contributed by atoms with Crippen molar-refractivity contribution >= 4 is 17.4 Å². The lowest BCUT2D eigenvalue weighted by Crippen LogP contribution is -2.25. The van der Waals surface area contributed by atoms with E-state index < -0.39 is 11.8 Å². The molecule has 1 atom stereocenters. The maximum Gasteiger partial charge on any atom is 0.340 e. The number of hydrogen-bond donors (Lipinski definition) is 1. The number of methoxy groups -OCH3 is 2. The molecule has 0 saturated carbocycles. The predicted molar refractivity (Wildman–Crippen MR) is 87.4 cm³/mol. The summed E-state index contributed by atoms with van der Waals surface area (Å²) < 4.78 is 20.9. The van der Waals surface area contributed by atoms with E-state index >= 15 is 0 Å². The normalized spacial score (nSPS) is 18.9. The minimum absolute atomic E-state index is 0.0343. The van der Waals surface area contributed by atoms with Crippen LogP contribution in [0, 0.1) is 0 Å². The van der Waals surface area contributed by atoms with Crippen LogP contribution in [-0.4, -0.2) is 51.0 Å². The quantitative estimate of drug-likeness (QED) is 0.762. The van der Waals surface area contributed by atoms with Crippen LogP contribution in [0.4, 0.5) is 5.69 Å². The molecule has 1 saturated heterocycles. The molecule has 1 heterocycles. The van der Waals surface area contributed by atoms with Crippen molar-refractivity contribution in [3.63, 3.8) is 0 Å². The van der Waals surface area contributed by atoms with Crippen LogP contribution in [0.15, 0.2) is 18.2 Å². The van der Waals surface area contributed by atoms with Crippen LogP contribution < -0.4 is 10.1 Å². The third kappa shape index (κ3) is 4.69. The third-order valence-electron chi connectivity index (χ3n) is 3.63. The molecule has 0 radical (unpaired) electrons. The summed E-state index contributed by atoms with van der Waals surface area (Å²) >= 11 is 0. The average molecular weight is 337 g/mol. The molecule has 24 heavy (non-hydrogen) atoms. The molecule has 2 rings (SSSR count). The zero-order valence-electron chi connectivity index (χ0n) is 14.4. The van der Waals surface area contributed by atoms with Crippen LogP contribution in [0.1, 0.15) is 30.6 Å². The van der Waals surface area contributed by atoms with E-state index in [0.717, 1.165) is 0 Å². The summed E-state index contributed by atoms with van der Waals surface area (Å²) in [5.74, 6) is -0.649. The minimum atomic E-state index is -0.646. The number of rotatable bonds is 7. The molecule has 1 N–H and O–H groups in total. The van der Waals surface area contributed by atoms with E-state index in [1.165, 1.54) is 14.2 Å². The number of ketones is 1. The molecule has 0 aromatic heterocycles. The summed E-state index contributed by atoms with van der Waals surface area (Å²) in [4.78, 5) is 24.0. The van der Waals surface area contributed by atoms with Gasteiger partial charge in [0.1, 0.15) is 5.75 Å². The second-order valence-electron chi connectivity index (χ2n) is 5.95. The highest BCUT2D eigenvalue weighted by Gasteiger charge is 2.33. The molecule has 0 spiro atoms. The fraction of sp³-hybridized carbons (Fsp3) is 0.529. The Morgan fingerprint density at radius 3 is 2.67 bits per heavy atom. The Bertz CT molecular complexity index is 613. The standard InChI is InChI=1S/C17H23NO6/c1-17(2)23-10-13(24-17)7-11(19)9-18-15-6-5-12(21-3)8-14(15)16(20)22-4/h5-6,8,13,18H,7,9-10H2,1-4H3. The third-order valence-corrected chi connectivity index (χ3v) is 3.63. The summed E-state index contributed by atoms with van der Waals surface area (Å²) in [6, 6.07) is 4.95. The molecule has 1 aromatic rings. The number of ether oxygens (including phenoxy) is 4. The van der Waals surface area contributed by atoms with Crippen molar-refractivity contribution in [2.45, 2.75) is 32.2 Å². The topological polar surface area (TPSA) is 83.1 Å². The second kappa shape index (κ2) is 7.63. The van der Waals surface area contributed by atoms with Gasteiger partial charge in [-0.05, 0) is 32.0 Å². The second-order valence-corrected chi connectivity index (χ2v) is 5.95. The zero-order chi connectivity index (χ0) is 17.7. The van der Waals surface area contributed by atoms with Crippen molar-refractivity contribution in [1.29, 1.82) is 0 Å². The van der Waals surface area contributed by atoms with Gasteiger partial charge >= 0.3 is 5.97 Å². The van der Waals surface area contributed by atoms with Gasteiger partial charge in [0.15, 0.2) is 11.6 Å². The Morgan fingerprint density at radius 2 is 2.08 bits per heavy atom. The highest BCUT2D eigenvalue weighted by molar-refractivity contribution is 5.97. The van der Waals surface area contributed by atoms with Crippen molar-refractivity contribution in [3.8, 4) is 5.75 Å². The van der Waals surface area contributed by atoms with Gasteiger partial charge in [0, 0.05) is 12.1 Å². The van der Waals surface area contributed by atoms with Gasteiger partial charge in [0.25, 0.3) is 0 Å². The van der Waals surface area contributed by atoms with Gasteiger partial charge in [-0.25, -0.2) is 4.79 Å².